The molecule has 1 heterocycles. The molecule has 0 radical (unpaired) electrons. The van der Waals surface area contributed by atoms with Gasteiger partial charge in [-0.3, -0.25) is 0 Å². The second-order valence-corrected chi connectivity index (χ2v) is 2.62. The van der Waals surface area contributed by atoms with Crippen LogP contribution in [-0.4, -0.2) is 23.0 Å². The minimum absolute atomic E-state index is 0.191. The summed E-state index contributed by atoms with van der Waals surface area (Å²) in [7, 11) is 0. The monoisotopic (exact) mass is 195 g/mol. The van der Waals surface area contributed by atoms with Crippen LogP contribution < -0.4 is 0 Å². The van der Waals surface area contributed by atoms with Gasteiger partial charge in [0, 0.05) is 12.5 Å². The summed E-state index contributed by atoms with van der Waals surface area (Å²) in [6, 6.07) is 1.34. The average Bonchev–Trinajstić information content (AvgIpc) is 2.49. The normalized spacial score (nSPS) is 14.5. The van der Waals surface area contributed by atoms with Gasteiger partial charge in [-0.15, -0.1) is 0 Å². The molecule has 0 saturated carbocycles. The summed E-state index contributed by atoms with van der Waals surface area (Å²) < 4.78 is 40.7. The number of nitrogens with zero attached hydrogens (tertiary/aromatic N) is 1. The Hall–Kier alpha value is -1.04. The van der Waals surface area contributed by atoms with Gasteiger partial charge in [0.1, 0.15) is 6.26 Å². The minimum atomic E-state index is -4.40. The fraction of sp³-hybridized carbons (Fsp3) is 0.571. The zero-order chi connectivity index (χ0) is 9.90. The Kier molecular flexibility index (Phi) is 2.92. The van der Waals surface area contributed by atoms with Crippen LogP contribution in [0.4, 0.5) is 13.2 Å². The maximum absolute atomic E-state index is 12.1. The molecule has 0 aromatic carbocycles. The molecule has 74 valence electrons. The number of halogens is 3. The van der Waals surface area contributed by atoms with E-state index in [1.54, 1.807) is 0 Å². The van der Waals surface area contributed by atoms with Gasteiger partial charge in [-0.2, -0.15) is 13.2 Å². The lowest BCUT2D eigenvalue weighted by atomic mass is 10.0. The number of rotatable bonds is 3. The smallest absolute Gasteiger partial charge is 0.394 e. The Morgan fingerprint density at radius 1 is 1.54 bits per heavy atom. The molecule has 0 amide bonds. The van der Waals surface area contributed by atoms with Crippen molar-refractivity contribution < 1.29 is 22.8 Å². The summed E-state index contributed by atoms with van der Waals surface area (Å²) in [5.74, 6) is -1.77. The fourth-order valence-corrected chi connectivity index (χ4v) is 0.879. The first kappa shape index (κ1) is 10.0. The van der Waals surface area contributed by atoms with Crippen LogP contribution in [0, 0.1) is 5.92 Å². The predicted octanol–water partition coefficient (Wildman–Crippen LogP) is 1.39. The van der Waals surface area contributed by atoms with Crippen molar-refractivity contribution in [3.05, 3.63) is 18.0 Å². The van der Waals surface area contributed by atoms with Gasteiger partial charge in [0.25, 0.3) is 0 Å². The molecule has 0 spiro atoms. The number of hydrogen-bond acceptors (Lipinski definition) is 3. The van der Waals surface area contributed by atoms with E-state index in [4.69, 9.17) is 5.11 Å². The van der Waals surface area contributed by atoms with Crippen molar-refractivity contribution in [2.24, 2.45) is 5.92 Å². The lowest BCUT2D eigenvalue weighted by molar-refractivity contribution is -0.183. The van der Waals surface area contributed by atoms with Crippen molar-refractivity contribution >= 4 is 0 Å². The maximum atomic E-state index is 12.1. The highest BCUT2D eigenvalue weighted by Gasteiger charge is 2.39. The van der Waals surface area contributed by atoms with E-state index in [1.807, 2.05) is 0 Å². The van der Waals surface area contributed by atoms with E-state index >= 15 is 0 Å². The van der Waals surface area contributed by atoms with Crippen LogP contribution in [0.3, 0.4) is 0 Å². The molecule has 0 aliphatic heterocycles. The van der Waals surface area contributed by atoms with Crippen LogP contribution in [0.2, 0.25) is 0 Å². The molecule has 13 heavy (non-hydrogen) atoms. The number of aliphatic hydroxyl groups excluding tert-OH is 1. The summed E-state index contributed by atoms with van der Waals surface area (Å²) in [5.41, 5.74) is 0.191. The number of aromatic nitrogens is 1. The lowest BCUT2D eigenvalue weighted by Crippen LogP contribution is -2.28. The molecule has 1 atom stereocenters. The third-order valence-electron chi connectivity index (χ3n) is 1.63. The minimum Gasteiger partial charge on any atom is -0.396 e. The number of alkyl halides is 3. The summed E-state index contributed by atoms with van der Waals surface area (Å²) in [5, 5.41) is 11.8. The third-order valence-corrected chi connectivity index (χ3v) is 1.63. The van der Waals surface area contributed by atoms with Crippen LogP contribution in [-0.2, 0) is 6.42 Å². The van der Waals surface area contributed by atoms with Gasteiger partial charge < -0.3 is 9.63 Å². The van der Waals surface area contributed by atoms with Crippen LogP contribution in [0.1, 0.15) is 5.69 Å². The summed E-state index contributed by atoms with van der Waals surface area (Å²) >= 11 is 0. The predicted molar refractivity (Wildman–Crippen MR) is 36.8 cm³/mol. The molecule has 0 aliphatic carbocycles. The first-order valence-corrected chi connectivity index (χ1v) is 3.61. The third kappa shape index (κ3) is 2.73. The highest BCUT2D eigenvalue weighted by molar-refractivity contribution is 4.97. The first-order valence-electron chi connectivity index (χ1n) is 3.61. The highest BCUT2D eigenvalue weighted by atomic mass is 19.4. The second kappa shape index (κ2) is 3.78. The Morgan fingerprint density at radius 2 is 2.23 bits per heavy atom. The SMILES string of the molecule is OCC(Cc1ccon1)C(F)(F)F. The van der Waals surface area contributed by atoms with Crippen molar-refractivity contribution in [1.82, 2.24) is 5.16 Å². The van der Waals surface area contributed by atoms with Crippen molar-refractivity contribution in [3.8, 4) is 0 Å². The Morgan fingerprint density at radius 3 is 2.62 bits per heavy atom. The fourth-order valence-electron chi connectivity index (χ4n) is 0.879. The van der Waals surface area contributed by atoms with E-state index in [1.165, 1.54) is 12.3 Å². The lowest BCUT2D eigenvalue weighted by Gasteiger charge is -2.15. The van der Waals surface area contributed by atoms with Crippen LogP contribution in [0.5, 0.6) is 0 Å². The Labute approximate surface area is 72.1 Å². The van der Waals surface area contributed by atoms with Crippen LogP contribution >= 0.6 is 0 Å². The second-order valence-electron chi connectivity index (χ2n) is 2.62. The van der Waals surface area contributed by atoms with Crippen molar-refractivity contribution in [1.29, 1.82) is 0 Å². The van der Waals surface area contributed by atoms with Crippen molar-refractivity contribution in [2.45, 2.75) is 12.6 Å². The van der Waals surface area contributed by atoms with Gasteiger partial charge in [-0.05, 0) is 0 Å². The number of aliphatic hydroxyl groups is 1. The molecule has 0 fully saturated rings. The molecule has 1 unspecified atom stereocenters. The van der Waals surface area contributed by atoms with Gasteiger partial charge in [0.2, 0.25) is 0 Å². The molecule has 1 rings (SSSR count). The largest absolute Gasteiger partial charge is 0.396 e. The van der Waals surface area contributed by atoms with Crippen LogP contribution in [0.15, 0.2) is 16.9 Å². The molecule has 1 aromatic rings. The standard InChI is InChI=1S/C7H8F3NO2/c8-7(9,10)5(4-12)3-6-1-2-13-11-6/h1-2,5,12H,3-4H2. The molecule has 1 N–H and O–H groups in total. The van der Waals surface area contributed by atoms with E-state index in [0.29, 0.717) is 0 Å². The van der Waals surface area contributed by atoms with Gasteiger partial charge in [0.05, 0.1) is 18.2 Å². The first-order chi connectivity index (χ1) is 6.04. The van der Waals surface area contributed by atoms with E-state index in [2.05, 4.69) is 9.68 Å². The molecule has 0 aliphatic rings. The van der Waals surface area contributed by atoms with Crippen molar-refractivity contribution in [2.75, 3.05) is 6.61 Å². The molecule has 3 nitrogen and oxygen atoms in total. The highest BCUT2D eigenvalue weighted by Crippen LogP contribution is 2.28. The summed E-state index contributed by atoms with van der Waals surface area (Å²) in [6.45, 7) is -0.934. The van der Waals surface area contributed by atoms with Crippen LogP contribution in [0.25, 0.3) is 0 Å². The molecule has 0 bridgehead atoms. The van der Waals surface area contributed by atoms with E-state index in [0.717, 1.165) is 0 Å². The maximum Gasteiger partial charge on any atom is 0.394 e. The van der Waals surface area contributed by atoms with Gasteiger partial charge in [-0.25, -0.2) is 0 Å². The quantitative estimate of drug-likeness (QED) is 0.792. The molecule has 6 heteroatoms. The molecular weight excluding hydrogens is 187 g/mol. The van der Waals surface area contributed by atoms with Gasteiger partial charge >= 0.3 is 6.18 Å². The molecule has 0 saturated heterocycles. The molecular formula is C7H8F3NO2. The van der Waals surface area contributed by atoms with Crippen molar-refractivity contribution in [3.63, 3.8) is 0 Å². The van der Waals surface area contributed by atoms with Gasteiger partial charge in [-0.1, -0.05) is 5.16 Å². The Bertz CT molecular complexity index is 245. The average molecular weight is 195 g/mol. The molecule has 1 aromatic heterocycles. The van der Waals surface area contributed by atoms with Gasteiger partial charge in [0.15, 0.2) is 0 Å². The topological polar surface area (TPSA) is 46.3 Å². The summed E-state index contributed by atoms with van der Waals surface area (Å²) in [6.07, 6.45) is -3.55. The zero-order valence-corrected chi connectivity index (χ0v) is 6.58. The van der Waals surface area contributed by atoms with E-state index < -0.39 is 18.7 Å². The Balaban J connectivity index is 2.60. The number of hydrogen-bond donors (Lipinski definition) is 1. The zero-order valence-electron chi connectivity index (χ0n) is 6.58. The summed E-state index contributed by atoms with van der Waals surface area (Å²) in [4.78, 5) is 0. The van der Waals surface area contributed by atoms with E-state index in [-0.39, 0.29) is 12.1 Å². The van der Waals surface area contributed by atoms with E-state index in [9.17, 15) is 13.2 Å².